The van der Waals surface area contributed by atoms with Gasteiger partial charge in [0, 0.05) is 48.3 Å². The lowest BCUT2D eigenvalue weighted by Crippen LogP contribution is -3.05. The standard InChI is InChI=1S/C26H34N2O4.C3H9N3/c1-16-22(25(26(30)31-5)28-14-21(17(2)29)24(16)28)15-32-23-11-7-9-19-18(12-13-27(3)4)8-6-10-20(19)23;1-2-6-3(4)5/h6-11,16-17,21,24,29H,12-15H2,1-5H3;2H2,1H3,(H4,4,5,6)/p+1. The molecule has 1 saturated heterocycles. The van der Waals surface area contributed by atoms with E-state index in [2.05, 4.69) is 55.2 Å². The van der Waals surface area contributed by atoms with Crippen molar-refractivity contribution in [3.63, 3.8) is 0 Å². The van der Waals surface area contributed by atoms with Crippen LogP contribution in [0.1, 0.15) is 26.3 Å². The molecule has 0 spiro atoms. The van der Waals surface area contributed by atoms with Gasteiger partial charge in [-0.1, -0.05) is 37.3 Å². The summed E-state index contributed by atoms with van der Waals surface area (Å²) < 4.78 is 11.4. The lowest BCUT2D eigenvalue weighted by atomic mass is 9.78. The van der Waals surface area contributed by atoms with Gasteiger partial charge in [0.2, 0.25) is 0 Å². The highest BCUT2D eigenvalue weighted by Gasteiger charge is 2.53. The van der Waals surface area contributed by atoms with Crippen molar-refractivity contribution in [2.24, 2.45) is 28.3 Å². The molecular weight excluding hydrogens is 482 g/mol. The first kappa shape index (κ1) is 29.3. The second-order valence-corrected chi connectivity index (χ2v) is 10.4. The molecule has 208 valence electrons. The zero-order valence-corrected chi connectivity index (χ0v) is 23.5. The largest absolute Gasteiger partial charge is 0.488 e. The van der Waals surface area contributed by atoms with Crippen LogP contribution in [-0.2, 0) is 16.0 Å². The van der Waals surface area contributed by atoms with E-state index in [9.17, 15) is 9.90 Å². The van der Waals surface area contributed by atoms with E-state index in [1.807, 2.05) is 26.0 Å². The van der Waals surface area contributed by atoms with Gasteiger partial charge in [0.15, 0.2) is 5.96 Å². The lowest BCUT2D eigenvalue weighted by molar-refractivity contribution is -0.858. The molecule has 0 aromatic heterocycles. The molecule has 2 aliphatic heterocycles. The van der Waals surface area contributed by atoms with Gasteiger partial charge in [-0.15, -0.1) is 0 Å². The highest BCUT2D eigenvalue weighted by atomic mass is 16.5. The number of rotatable bonds is 9. The third-order valence-corrected chi connectivity index (χ3v) is 7.45. The molecule has 2 heterocycles. The predicted molar refractivity (Wildman–Crippen MR) is 151 cm³/mol. The number of nitrogens with two attached hydrogens (primary N) is 2. The normalized spacial score (nSPS) is 20.8. The Morgan fingerprint density at radius 2 is 1.89 bits per heavy atom. The molecule has 9 heteroatoms. The van der Waals surface area contributed by atoms with Crippen LogP contribution in [0.4, 0.5) is 0 Å². The van der Waals surface area contributed by atoms with Crippen molar-refractivity contribution in [2.75, 3.05) is 47.4 Å². The van der Waals surface area contributed by atoms with Gasteiger partial charge in [-0.3, -0.25) is 4.99 Å². The van der Waals surface area contributed by atoms with Crippen LogP contribution in [0.2, 0.25) is 0 Å². The lowest BCUT2D eigenvalue weighted by Gasteiger charge is -2.49. The van der Waals surface area contributed by atoms with E-state index in [4.69, 9.17) is 20.9 Å². The molecule has 1 fully saturated rings. The Morgan fingerprint density at radius 3 is 2.47 bits per heavy atom. The molecule has 0 saturated carbocycles. The average Bonchev–Trinajstić information content (AvgIpc) is 3.05. The topological polar surface area (TPSA) is 128 Å². The molecule has 9 nitrogen and oxygen atoms in total. The average molecular weight is 527 g/mol. The van der Waals surface area contributed by atoms with E-state index < -0.39 is 6.10 Å². The minimum absolute atomic E-state index is 0.117. The van der Waals surface area contributed by atoms with Crippen LogP contribution in [0, 0.1) is 11.8 Å². The molecule has 0 amide bonds. The van der Waals surface area contributed by atoms with Crippen LogP contribution in [0.5, 0.6) is 5.75 Å². The van der Waals surface area contributed by atoms with Crippen molar-refractivity contribution in [1.29, 1.82) is 0 Å². The number of benzene rings is 2. The van der Waals surface area contributed by atoms with Gasteiger partial charge in [-0.05, 0) is 30.9 Å². The van der Waals surface area contributed by atoms with E-state index in [0.717, 1.165) is 29.7 Å². The van der Waals surface area contributed by atoms with E-state index in [1.165, 1.54) is 23.0 Å². The second-order valence-electron chi connectivity index (χ2n) is 10.4. The maximum absolute atomic E-state index is 12.6. The third-order valence-electron chi connectivity index (χ3n) is 7.45. The molecule has 4 unspecified atom stereocenters. The number of aliphatic hydroxyl groups is 1. The number of nitrogens with zero attached hydrogens (tertiary/aromatic N) is 2. The van der Waals surface area contributed by atoms with Gasteiger partial charge in [-0.25, -0.2) is 4.79 Å². The molecule has 38 heavy (non-hydrogen) atoms. The van der Waals surface area contributed by atoms with Crippen molar-refractivity contribution in [1.82, 2.24) is 4.90 Å². The smallest absolute Gasteiger partial charge is 0.354 e. The summed E-state index contributed by atoms with van der Waals surface area (Å²) in [7, 11) is 5.75. The number of quaternary nitrogens is 1. The number of carbonyl (C=O) groups excluding carboxylic acids is 1. The molecule has 0 bridgehead atoms. The summed E-state index contributed by atoms with van der Waals surface area (Å²) in [4.78, 5) is 19.7. The van der Waals surface area contributed by atoms with Crippen LogP contribution < -0.4 is 21.1 Å². The Hall–Kier alpha value is -3.30. The number of esters is 1. The molecular formula is C29H44N5O4+. The van der Waals surface area contributed by atoms with Crippen LogP contribution in [0.25, 0.3) is 10.8 Å². The fourth-order valence-electron chi connectivity index (χ4n) is 5.43. The Labute approximate surface area is 226 Å². The van der Waals surface area contributed by atoms with E-state index in [-0.39, 0.29) is 29.8 Å². The monoisotopic (exact) mass is 526 g/mol. The number of aliphatic imine (C=N–C) groups is 1. The molecule has 4 atom stereocenters. The van der Waals surface area contributed by atoms with Crippen LogP contribution in [-0.4, -0.2) is 81.5 Å². The summed E-state index contributed by atoms with van der Waals surface area (Å²) >= 11 is 0. The zero-order chi connectivity index (χ0) is 28.0. The maximum atomic E-state index is 12.6. The Kier molecular flexibility index (Phi) is 9.99. The second kappa shape index (κ2) is 13.0. The summed E-state index contributed by atoms with van der Waals surface area (Å²) in [6.45, 7) is 8.56. The van der Waals surface area contributed by atoms with E-state index in [1.54, 1.807) is 0 Å². The fourth-order valence-corrected chi connectivity index (χ4v) is 5.43. The minimum Gasteiger partial charge on any atom is -0.488 e. The Bertz CT molecular complexity index is 1170. The summed E-state index contributed by atoms with van der Waals surface area (Å²) in [6.07, 6.45) is 0.605. The fraction of sp³-hybridized carbons (Fsp3) is 0.517. The number of guanidine groups is 1. The summed E-state index contributed by atoms with van der Waals surface area (Å²) in [5.74, 6) is 0.935. The molecule has 4 rings (SSSR count). The number of hydrogen-bond acceptors (Lipinski definition) is 6. The highest BCUT2D eigenvalue weighted by molar-refractivity contribution is 5.91. The molecule has 0 aliphatic carbocycles. The molecule has 6 N–H and O–H groups in total. The first-order valence-electron chi connectivity index (χ1n) is 13.3. The number of ether oxygens (including phenoxy) is 2. The first-order valence-corrected chi connectivity index (χ1v) is 13.3. The number of carbonyl (C=O) groups is 1. The van der Waals surface area contributed by atoms with E-state index >= 15 is 0 Å². The molecule has 2 aliphatic rings. The van der Waals surface area contributed by atoms with Crippen molar-refractivity contribution in [3.05, 3.63) is 53.2 Å². The van der Waals surface area contributed by atoms with Crippen molar-refractivity contribution in [2.45, 2.75) is 39.3 Å². The van der Waals surface area contributed by atoms with Crippen LogP contribution in [0.15, 0.2) is 52.7 Å². The molecule has 2 aromatic carbocycles. The van der Waals surface area contributed by atoms with Gasteiger partial charge in [0.1, 0.15) is 18.1 Å². The SMILES string of the molecule is CCN=C(N)N.COC(=O)C1=C(COc2cccc3c(CC[NH+](C)C)cccc23)C(C)C2C(C(C)O)CN12. The minimum atomic E-state index is -0.404. The van der Waals surface area contributed by atoms with Gasteiger partial charge in [0.25, 0.3) is 0 Å². The Morgan fingerprint density at radius 1 is 1.21 bits per heavy atom. The molecule has 0 radical (unpaired) electrons. The summed E-state index contributed by atoms with van der Waals surface area (Å²) in [5.41, 5.74) is 12.7. The van der Waals surface area contributed by atoms with E-state index in [0.29, 0.717) is 25.4 Å². The van der Waals surface area contributed by atoms with Gasteiger partial charge < -0.3 is 35.8 Å². The van der Waals surface area contributed by atoms with Crippen LogP contribution in [0.3, 0.4) is 0 Å². The number of nitrogens with one attached hydrogen (secondary N) is 1. The molecule has 2 aromatic rings. The maximum Gasteiger partial charge on any atom is 0.354 e. The van der Waals surface area contributed by atoms with Gasteiger partial charge >= 0.3 is 5.97 Å². The van der Waals surface area contributed by atoms with Crippen LogP contribution >= 0.6 is 0 Å². The quantitative estimate of drug-likeness (QED) is 0.218. The predicted octanol–water partition coefficient (Wildman–Crippen LogP) is 0.943. The summed E-state index contributed by atoms with van der Waals surface area (Å²) in [5, 5.41) is 12.4. The van der Waals surface area contributed by atoms with Crippen molar-refractivity contribution >= 4 is 22.7 Å². The first-order chi connectivity index (χ1) is 18.1. The number of likely N-dealkylation sites (N-methyl/N-ethyl adjacent to an activating group) is 1. The number of aliphatic hydroxyl groups excluding tert-OH is 1. The van der Waals surface area contributed by atoms with Crippen molar-refractivity contribution in [3.8, 4) is 5.75 Å². The number of methoxy groups -OCH3 is 1. The zero-order valence-electron chi connectivity index (χ0n) is 23.5. The van der Waals surface area contributed by atoms with Gasteiger partial charge in [0.05, 0.1) is 33.9 Å². The number of fused-ring (bicyclic) bond motifs is 2. The number of hydrogen-bond donors (Lipinski definition) is 4. The summed E-state index contributed by atoms with van der Waals surface area (Å²) in [6, 6.07) is 12.7. The highest BCUT2D eigenvalue weighted by Crippen LogP contribution is 2.46. The Balaban J connectivity index is 0.000000599. The van der Waals surface area contributed by atoms with Crippen molar-refractivity contribution < 1.29 is 24.3 Å². The van der Waals surface area contributed by atoms with Gasteiger partial charge in [-0.2, -0.15) is 0 Å². The third kappa shape index (κ3) is 6.39.